The zero-order chi connectivity index (χ0) is 9.19. The second-order valence-corrected chi connectivity index (χ2v) is 2.85. The number of allylic oxidation sites excluding steroid dienone is 1. The molecule has 1 heterocycles. The molecule has 0 aromatic carbocycles. The molecule has 0 aliphatic carbocycles. The molecular weight excluding hydrogens is 160 g/mol. The van der Waals surface area contributed by atoms with Crippen LogP contribution in [0, 0.1) is 0 Å². The molecule has 1 N–H and O–H groups in total. The normalized spacial score (nSPS) is 27.8. The Labute approximate surface area is 70.8 Å². The molecule has 0 radical (unpaired) electrons. The Morgan fingerprint density at radius 1 is 1.92 bits per heavy atom. The summed E-state index contributed by atoms with van der Waals surface area (Å²) in [6.45, 7) is 2.92. The number of rotatable bonds is 2. The summed E-state index contributed by atoms with van der Waals surface area (Å²) in [5.41, 5.74) is 0. The van der Waals surface area contributed by atoms with Crippen LogP contribution in [0.2, 0.25) is 0 Å². The number of hydrogen-bond acceptors (Lipinski definition) is 4. The summed E-state index contributed by atoms with van der Waals surface area (Å²) in [6.07, 6.45) is 2.12. The Bertz CT molecular complexity index is 221. The first-order valence-corrected chi connectivity index (χ1v) is 3.73. The van der Waals surface area contributed by atoms with Crippen LogP contribution in [0.25, 0.3) is 0 Å². The third-order valence-corrected chi connectivity index (χ3v) is 1.56. The number of hydrogen-bond donors (Lipinski definition) is 1. The van der Waals surface area contributed by atoms with Crippen molar-refractivity contribution >= 4 is 5.97 Å². The van der Waals surface area contributed by atoms with Crippen molar-refractivity contribution < 1.29 is 19.4 Å². The van der Waals surface area contributed by atoms with Crippen molar-refractivity contribution in [1.82, 2.24) is 0 Å². The third-order valence-electron chi connectivity index (χ3n) is 1.56. The first-order valence-electron chi connectivity index (χ1n) is 3.73. The molecule has 1 aliphatic heterocycles. The minimum atomic E-state index is -1.34. The van der Waals surface area contributed by atoms with E-state index in [9.17, 15) is 9.90 Å². The average Bonchev–Trinajstić information content (AvgIpc) is 2.29. The van der Waals surface area contributed by atoms with Gasteiger partial charge in [0.25, 0.3) is 0 Å². The van der Waals surface area contributed by atoms with E-state index >= 15 is 0 Å². The summed E-state index contributed by atoms with van der Waals surface area (Å²) in [4.78, 5) is 10.4. The molecular formula is C8H12O4. The van der Waals surface area contributed by atoms with Gasteiger partial charge in [0, 0.05) is 13.3 Å². The fourth-order valence-corrected chi connectivity index (χ4v) is 0.989. The Kier molecular flexibility index (Phi) is 2.38. The Balaban J connectivity index is 2.38. The van der Waals surface area contributed by atoms with E-state index in [0.717, 1.165) is 0 Å². The Hall–Kier alpha value is -1.03. The first-order chi connectivity index (χ1) is 5.52. The number of esters is 1. The van der Waals surface area contributed by atoms with Gasteiger partial charge in [-0.05, 0) is 13.0 Å². The summed E-state index contributed by atoms with van der Waals surface area (Å²) in [7, 11) is 0. The van der Waals surface area contributed by atoms with E-state index in [1.807, 2.05) is 0 Å². The van der Waals surface area contributed by atoms with Crippen LogP contribution in [0.1, 0.15) is 20.3 Å². The monoisotopic (exact) mass is 172 g/mol. The number of carbonyl (C=O) groups excluding carboxylic acids is 1. The van der Waals surface area contributed by atoms with Crippen LogP contribution < -0.4 is 0 Å². The predicted octanol–water partition coefficient (Wildman–Crippen LogP) is 0.562. The van der Waals surface area contributed by atoms with Crippen LogP contribution in [0.15, 0.2) is 11.8 Å². The molecule has 0 aromatic rings. The van der Waals surface area contributed by atoms with Crippen molar-refractivity contribution in [1.29, 1.82) is 0 Å². The van der Waals surface area contributed by atoms with E-state index in [1.54, 1.807) is 13.0 Å². The third kappa shape index (κ3) is 2.23. The van der Waals surface area contributed by atoms with E-state index in [2.05, 4.69) is 4.74 Å². The van der Waals surface area contributed by atoms with Gasteiger partial charge in [-0.3, -0.25) is 4.79 Å². The number of aliphatic hydroxyl groups is 1. The summed E-state index contributed by atoms with van der Waals surface area (Å²) in [6, 6.07) is 0. The van der Waals surface area contributed by atoms with Crippen LogP contribution in [-0.2, 0) is 14.3 Å². The smallest absolute Gasteiger partial charge is 0.302 e. The van der Waals surface area contributed by atoms with E-state index in [1.165, 1.54) is 6.92 Å². The molecule has 0 saturated carbocycles. The van der Waals surface area contributed by atoms with Crippen LogP contribution in [0.4, 0.5) is 0 Å². The van der Waals surface area contributed by atoms with Crippen LogP contribution >= 0.6 is 0 Å². The zero-order valence-corrected chi connectivity index (χ0v) is 7.16. The summed E-state index contributed by atoms with van der Waals surface area (Å²) in [5, 5.41) is 9.56. The minimum absolute atomic E-state index is 0.115. The Morgan fingerprint density at radius 2 is 2.58 bits per heavy atom. The van der Waals surface area contributed by atoms with E-state index in [4.69, 9.17) is 4.74 Å². The standard InChI is InChI=1S/C8H12O4/c1-6-3-4-8(10,12-6)5-11-7(2)9/h3,10H,4-5H2,1-2H3. The average molecular weight is 172 g/mol. The number of carbonyl (C=O) groups is 1. The van der Waals surface area contributed by atoms with E-state index in [0.29, 0.717) is 12.2 Å². The Morgan fingerprint density at radius 3 is 3.00 bits per heavy atom. The molecule has 0 aromatic heterocycles. The maximum Gasteiger partial charge on any atom is 0.302 e. The van der Waals surface area contributed by atoms with Gasteiger partial charge in [0.05, 0.1) is 5.76 Å². The molecule has 1 unspecified atom stereocenters. The maximum atomic E-state index is 10.4. The molecule has 1 atom stereocenters. The minimum Gasteiger partial charge on any atom is -0.463 e. The van der Waals surface area contributed by atoms with Crippen molar-refractivity contribution in [3.8, 4) is 0 Å². The second kappa shape index (κ2) is 3.15. The molecule has 4 heteroatoms. The van der Waals surface area contributed by atoms with Gasteiger partial charge in [0.2, 0.25) is 5.79 Å². The predicted molar refractivity (Wildman–Crippen MR) is 41.0 cm³/mol. The molecule has 0 saturated heterocycles. The molecule has 0 fully saturated rings. The molecule has 0 bridgehead atoms. The van der Waals surface area contributed by atoms with Gasteiger partial charge in [-0.1, -0.05) is 0 Å². The van der Waals surface area contributed by atoms with Gasteiger partial charge in [-0.15, -0.1) is 0 Å². The maximum absolute atomic E-state index is 10.4. The van der Waals surface area contributed by atoms with Crippen molar-refractivity contribution in [2.45, 2.75) is 26.1 Å². The van der Waals surface area contributed by atoms with Crippen molar-refractivity contribution in [3.05, 3.63) is 11.8 Å². The van der Waals surface area contributed by atoms with Crippen LogP contribution in [-0.4, -0.2) is 23.5 Å². The quantitative estimate of drug-likeness (QED) is 0.618. The van der Waals surface area contributed by atoms with Crippen molar-refractivity contribution in [2.75, 3.05) is 6.61 Å². The highest BCUT2D eigenvalue weighted by molar-refractivity contribution is 5.65. The lowest BCUT2D eigenvalue weighted by Crippen LogP contribution is -2.34. The van der Waals surface area contributed by atoms with Crippen LogP contribution in [0.5, 0.6) is 0 Å². The van der Waals surface area contributed by atoms with Gasteiger partial charge in [-0.25, -0.2) is 0 Å². The topological polar surface area (TPSA) is 55.8 Å². The van der Waals surface area contributed by atoms with E-state index in [-0.39, 0.29) is 6.61 Å². The number of ether oxygens (including phenoxy) is 2. The first kappa shape index (κ1) is 9.06. The lowest BCUT2D eigenvalue weighted by molar-refractivity contribution is -0.199. The molecule has 4 nitrogen and oxygen atoms in total. The van der Waals surface area contributed by atoms with Gasteiger partial charge < -0.3 is 14.6 Å². The molecule has 1 aliphatic rings. The highest BCUT2D eigenvalue weighted by atomic mass is 16.7. The SMILES string of the molecule is CC(=O)OCC1(O)CC=C(C)O1. The lowest BCUT2D eigenvalue weighted by atomic mass is 10.2. The largest absolute Gasteiger partial charge is 0.463 e. The van der Waals surface area contributed by atoms with Crippen molar-refractivity contribution in [3.63, 3.8) is 0 Å². The molecule has 68 valence electrons. The highest BCUT2D eigenvalue weighted by Gasteiger charge is 2.33. The molecule has 12 heavy (non-hydrogen) atoms. The summed E-state index contributed by atoms with van der Waals surface area (Å²) >= 11 is 0. The lowest BCUT2D eigenvalue weighted by Gasteiger charge is -2.22. The van der Waals surface area contributed by atoms with Crippen molar-refractivity contribution in [2.24, 2.45) is 0 Å². The van der Waals surface area contributed by atoms with Gasteiger partial charge in [-0.2, -0.15) is 0 Å². The fourth-order valence-electron chi connectivity index (χ4n) is 0.989. The molecule has 0 amide bonds. The molecule has 1 rings (SSSR count). The second-order valence-electron chi connectivity index (χ2n) is 2.85. The highest BCUT2D eigenvalue weighted by Crippen LogP contribution is 2.25. The summed E-state index contributed by atoms with van der Waals surface area (Å²) < 4.78 is 9.67. The van der Waals surface area contributed by atoms with Gasteiger partial charge in [0.15, 0.2) is 6.61 Å². The van der Waals surface area contributed by atoms with Gasteiger partial charge in [0.1, 0.15) is 0 Å². The van der Waals surface area contributed by atoms with Gasteiger partial charge >= 0.3 is 5.97 Å². The fraction of sp³-hybridized carbons (Fsp3) is 0.625. The zero-order valence-electron chi connectivity index (χ0n) is 7.16. The summed E-state index contributed by atoms with van der Waals surface area (Å²) in [5.74, 6) is -1.10. The van der Waals surface area contributed by atoms with E-state index < -0.39 is 11.8 Å². The van der Waals surface area contributed by atoms with Crippen LogP contribution in [0.3, 0.4) is 0 Å². The molecule has 0 spiro atoms.